The van der Waals surface area contributed by atoms with Crippen LogP contribution in [0.3, 0.4) is 0 Å². The highest BCUT2D eigenvalue weighted by atomic mass is 16.5. The van der Waals surface area contributed by atoms with Gasteiger partial charge in [-0.3, -0.25) is 4.79 Å². The molecule has 4 heterocycles. The number of piperidine rings is 1. The van der Waals surface area contributed by atoms with Gasteiger partial charge < -0.3 is 19.2 Å². The number of anilines is 2. The SMILES string of the molecule is Cc1noc(C)c1CCC(=O)N1CCN(c2ccc(N3CCCCC3)nn2)CC1. The molecule has 2 aromatic heterocycles. The van der Waals surface area contributed by atoms with Crippen LogP contribution in [0.5, 0.6) is 0 Å². The van der Waals surface area contributed by atoms with Gasteiger partial charge in [-0.05, 0) is 51.7 Å². The number of piperazine rings is 1. The molecule has 0 unspecified atom stereocenters. The molecule has 0 aliphatic carbocycles. The van der Waals surface area contributed by atoms with E-state index in [1.807, 2.05) is 18.7 Å². The fraction of sp³-hybridized carbons (Fsp3) is 0.619. The standard InChI is InChI=1S/C21H30N6O2/c1-16-18(17(2)29-24-16)6-9-21(28)27-14-12-26(13-15-27)20-8-7-19(22-23-20)25-10-4-3-5-11-25/h7-8H,3-6,9-15H2,1-2H3. The van der Waals surface area contributed by atoms with E-state index in [1.165, 1.54) is 19.3 Å². The Balaban J connectivity index is 1.27. The average molecular weight is 399 g/mol. The number of nitrogens with zero attached hydrogens (tertiary/aromatic N) is 6. The molecule has 0 radical (unpaired) electrons. The summed E-state index contributed by atoms with van der Waals surface area (Å²) in [5.74, 6) is 2.87. The average Bonchev–Trinajstić information content (AvgIpc) is 3.10. The molecule has 4 rings (SSSR count). The molecule has 8 heteroatoms. The van der Waals surface area contributed by atoms with E-state index in [-0.39, 0.29) is 5.91 Å². The fourth-order valence-corrected chi connectivity index (χ4v) is 4.21. The predicted octanol–water partition coefficient (Wildman–Crippen LogP) is 2.35. The number of rotatable bonds is 5. The van der Waals surface area contributed by atoms with Crippen LogP contribution in [0, 0.1) is 13.8 Å². The molecule has 29 heavy (non-hydrogen) atoms. The maximum absolute atomic E-state index is 12.6. The molecule has 8 nitrogen and oxygen atoms in total. The van der Waals surface area contributed by atoms with Gasteiger partial charge in [0.25, 0.3) is 0 Å². The summed E-state index contributed by atoms with van der Waals surface area (Å²) in [5, 5.41) is 12.9. The Hall–Kier alpha value is -2.64. The lowest BCUT2D eigenvalue weighted by Crippen LogP contribution is -2.49. The molecular weight excluding hydrogens is 368 g/mol. The highest BCUT2D eigenvalue weighted by molar-refractivity contribution is 5.76. The summed E-state index contributed by atoms with van der Waals surface area (Å²) in [7, 11) is 0. The van der Waals surface area contributed by atoms with Crippen molar-refractivity contribution < 1.29 is 9.32 Å². The number of amides is 1. The smallest absolute Gasteiger partial charge is 0.223 e. The molecule has 2 aromatic rings. The number of aromatic nitrogens is 3. The van der Waals surface area contributed by atoms with Crippen LogP contribution in [-0.4, -0.2) is 65.4 Å². The topological polar surface area (TPSA) is 78.6 Å². The van der Waals surface area contributed by atoms with Crippen LogP contribution in [0.2, 0.25) is 0 Å². The molecule has 0 aromatic carbocycles. The third-order valence-corrected chi connectivity index (χ3v) is 6.04. The first-order chi connectivity index (χ1) is 14.1. The summed E-state index contributed by atoms with van der Waals surface area (Å²) in [6.45, 7) is 8.98. The van der Waals surface area contributed by atoms with Gasteiger partial charge >= 0.3 is 0 Å². The second kappa shape index (κ2) is 8.80. The van der Waals surface area contributed by atoms with Crippen LogP contribution in [-0.2, 0) is 11.2 Å². The van der Waals surface area contributed by atoms with E-state index in [2.05, 4.69) is 37.3 Å². The van der Waals surface area contributed by atoms with Gasteiger partial charge in [-0.25, -0.2) is 0 Å². The number of hydrogen-bond acceptors (Lipinski definition) is 7. The molecule has 0 spiro atoms. The van der Waals surface area contributed by atoms with Crippen molar-refractivity contribution in [2.24, 2.45) is 0 Å². The van der Waals surface area contributed by atoms with Crippen LogP contribution in [0.15, 0.2) is 16.7 Å². The second-order valence-electron chi connectivity index (χ2n) is 7.97. The van der Waals surface area contributed by atoms with E-state index in [4.69, 9.17) is 4.52 Å². The largest absolute Gasteiger partial charge is 0.361 e. The summed E-state index contributed by atoms with van der Waals surface area (Å²) in [6.07, 6.45) is 4.95. The maximum Gasteiger partial charge on any atom is 0.223 e. The molecule has 1 amide bonds. The van der Waals surface area contributed by atoms with Gasteiger partial charge in [-0.15, -0.1) is 10.2 Å². The van der Waals surface area contributed by atoms with Crippen LogP contribution in [0.1, 0.15) is 42.7 Å². The van der Waals surface area contributed by atoms with Crippen LogP contribution < -0.4 is 9.80 Å². The van der Waals surface area contributed by atoms with Crippen LogP contribution >= 0.6 is 0 Å². The molecule has 2 aliphatic rings. The van der Waals surface area contributed by atoms with Gasteiger partial charge in [-0.1, -0.05) is 5.16 Å². The molecule has 0 atom stereocenters. The van der Waals surface area contributed by atoms with E-state index < -0.39 is 0 Å². The van der Waals surface area contributed by atoms with E-state index in [1.54, 1.807) is 0 Å². The first-order valence-corrected chi connectivity index (χ1v) is 10.6. The first kappa shape index (κ1) is 19.7. The number of aryl methyl sites for hydroxylation is 2. The van der Waals surface area contributed by atoms with Crippen molar-refractivity contribution in [3.05, 3.63) is 29.2 Å². The van der Waals surface area contributed by atoms with Crippen molar-refractivity contribution >= 4 is 17.5 Å². The van der Waals surface area contributed by atoms with Gasteiger partial charge in [0.1, 0.15) is 5.76 Å². The van der Waals surface area contributed by atoms with Crippen LogP contribution in [0.25, 0.3) is 0 Å². The van der Waals surface area contributed by atoms with Crippen molar-refractivity contribution in [2.75, 3.05) is 49.1 Å². The highest BCUT2D eigenvalue weighted by Crippen LogP contribution is 2.20. The molecule has 0 N–H and O–H groups in total. The third kappa shape index (κ3) is 4.52. The highest BCUT2D eigenvalue weighted by Gasteiger charge is 2.23. The summed E-state index contributed by atoms with van der Waals surface area (Å²) in [4.78, 5) is 19.1. The Bertz CT molecular complexity index is 801. The van der Waals surface area contributed by atoms with E-state index in [0.717, 1.165) is 67.9 Å². The molecule has 2 fully saturated rings. The number of carbonyl (C=O) groups excluding carboxylic acids is 1. The van der Waals surface area contributed by atoms with Crippen LogP contribution in [0.4, 0.5) is 11.6 Å². The lowest BCUT2D eigenvalue weighted by Gasteiger charge is -2.35. The second-order valence-corrected chi connectivity index (χ2v) is 7.97. The van der Waals surface area contributed by atoms with Gasteiger partial charge in [0.2, 0.25) is 5.91 Å². The molecule has 2 saturated heterocycles. The van der Waals surface area contributed by atoms with Crippen molar-refractivity contribution in [3.8, 4) is 0 Å². The minimum Gasteiger partial charge on any atom is -0.361 e. The summed E-state index contributed by atoms with van der Waals surface area (Å²) >= 11 is 0. The molecule has 0 saturated carbocycles. The van der Waals surface area contributed by atoms with Gasteiger partial charge in [0.15, 0.2) is 11.6 Å². The zero-order valence-electron chi connectivity index (χ0n) is 17.4. The Kier molecular flexibility index (Phi) is 5.97. The fourth-order valence-electron chi connectivity index (χ4n) is 4.21. The summed E-state index contributed by atoms with van der Waals surface area (Å²) < 4.78 is 5.19. The Labute approximate surface area is 171 Å². The van der Waals surface area contributed by atoms with Gasteiger partial charge in [0.05, 0.1) is 5.69 Å². The maximum atomic E-state index is 12.6. The van der Waals surface area contributed by atoms with Gasteiger partial charge in [-0.2, -0.15) is 0 Å². The normalized spacial score (nSPS) is 17.7. The monoisotopic (exact) mass is 398 g/mol. The summed E-state index contributed by atoms with van der Waals surface area (Å²) in [6, 6.07) is 4.14. The van der Waals surface area contributed by atoms with E-state index in [0.29, 0.717) is 12.8 Å². The minimum absolute atomic E-state index is 0.191. The van der Waals surface area contributed by atoms with E-state index >= 15 is 0 Å². The Morgan fingerprint density at radius 2 is 1.55 bits per heavy atom. The number of hydrogen-bond donors (Lipinski definition) is 0. The van der Waals surface area contributed by atoms with Crippen molar-refractivity contribution in [1.29, 1.82) is 0 Å². The number of carbonyl (C=O) groups is 1. The Morgan fingerprint density at radius 3 is 2.10 bits per heavy atom. The molecule has 156 valence electrons. The predicted molar refractivity (Wildman–Crippen MR) is 111 cm³/mol. The third-order valence-electron chi connectivity index (χ3n) is 6.04. The molecule has 0 bridgehead atoms. The van der Waals surface area contributed by atoms with E-state index in [9.17, 15) is 4.79 Å². The molecular formula is C21H30N6O2. The van der Waals surface area contributed by atoms with Crippen molar-refractivity contribution in [3.63, 3.8) is 0 Å². The lowest BCUT2D eigenvalue weighted by atomic mass is 10.1. The van der Waals surface area contributed by atoms with Crippen molar-refractivity contribution in [1.82, 2.24) is 20.3 Å². The minimum atomic E-state index is 0.191. The quantitative estimate of drug-likeness (QED) is 0.765. The van der Waals surface area contributed by atoms with Crippen molar-refractivity contribution in [2.45, 2.75) is 46.0 Å². The molecule has 2 aliphatic heterocycles. The Morgan fingerprint density at radius 1 is 0.931 bits per heavy atom. The lowest BCUT2D eigenvalue weighted by molar-refractivity contribution is -0.131. The zero-order valence-corrected chi connectivity index (χ0v) is 17.4. The zero-order chi connectivity index (χ0) is 20.2. The van der Waals surface area contributed by atoms with Gasteiger partial charge in [0, 0.05) is 51.3 Å². The first-order valence-electron chi connectivity index (χ1n) is 10.6. The summed E-state index contributed by atoms with van der Waals surface area (Å²) in [5.41, 5.74) is 1.94.